The van der Waals surface area contributed by atoms with Crippen molar-refractivity contribution >= 4 is 17.8 Å². The summed E-state index contributed by atoms with van der Waals surface area (Å²) in [6, 6.07) is 5.77. The van der Waals surface area contributed by atoms with Crippen LogP contribution in [0.15, 0.2) is 24.3 Å². The highest BCUT2D eigenvalue weighted by Crippen LogP contribution is 2.37. The van der Waals surface area contributed by atoms with E-state index in [0.717, 1.165) is 4.90 Å². The van der Waals surface area contributed by atoms with Crippen LogP contribution in [0.5, 0.6) is 0 Å². The van der Waals surface area contributed by atoms with E-state index < -0.39 is 24.2 Å². The molecule has 0 spiro atoms. The largest absolute Gasteiger partial charge is 0.480 e. The second-order valence-electron chi connectivity index (χ2n) is 4.54. The Morgan fingerprint density at radius 2 is 2.05 bits per heavy atom. The molecule has 0 saturated carbocycles. The fourth-order valence-electron chi connectivity index (χ4n) is 2.57. The Hall–Kier alpha value is -2.37. The highest BCUT2D eigenvalue weighted by atomic mass is 16.6. The number of carbonyl (C=O) groups excluding carboxylic acids is 2. The molecule has 1 N–H and O–H groups in total. The first-order chi connectivity index (χ1) is 9.09. The summed E-state index contributed by atoms with van der Waals surface area (Å²) in [7, 11) is 0. The van der Waals surface area contributed by atoms with E-state index in [1.54, 1.807) is 24.3 Å². The number of rotatable bonds is 2. The SMILES string of the molecule is O=C1O[C@H](N2C(=O)CC[C@@H]2C(=O)O)c2ccccc21. The molecule has 0 radical (unpaired) electrons. The second-order valence-corrected chi connectivity index (χ2v) is 4.54. The minimum atomic E-state index is -1.08. The molecule has 0 unspecified atom stereocenters. The van der Waals surface area contributed by atoms with Gasteiger partial charge in [-0.3, -0.25) is 9.69 Å². The quantitative estimate of drug-likeness (QED) is 0.801. The number of carboxylic acids is 1. The molecule has 2 heterocycles. The van der Waals surface area contributed by atoms with Crippen LogP contribution in [-0.4, -0.2) is 33.9 Å². The molecule has 1 aromatic carbocycles. The molecular weight excluding hydrogens is 250 g/mol. The van der Waals surface area contributed by atoms with Crippen LogP contribution < -0.4 is 0 Å². The smallest absolute Gasteiger partial charge is 0.340 e. The minimum absolute atomic E-state index is 0.160. The number of amides is 1. The van der Waals surface area contributed by atoms with Crippen LogP contribution in [0.25, 0.3) is 0 Å². The van der Waals surface area contributed by atoms with Crippen LogP contribution in [0.1, 0.15) is 35.0 Å². The van der Waals surface area contributed by atoms with Gasteiger partial charge in [0.2, 0.25) is 12.1 Å². The van der Waals surface area contributed by atoms with Crippen molar-refractivity contribution in [3.05, 3.63) is 35.4 Å². The Morgan fingerprint density at radius 3 is 2.79 bits per heavy atom. The van der Waals surface area contributed by atoms with Gasteiger partial charge in [-0.1, -0.05) is 18.2 Å². The fraction of sp³-hybridized carbons (Fsp3) is 0.308. The number of likely N-dealkylation sites (tertiary alicyclic amines) is 1. The van der Waals surface area contributed by atoms with Crippen molar-refractivity contribution in [3.63, 3.8) is 0 Å². The zero-order valence-electron chi connectivity index (χ0n) is 9.91. The Kier molecular flexibility index (Phi) is 2.51. The number of carbonyl (C=O) groups is 3. The van der Waals surface area contributed by atoms with E-state index in [0.29, 0.717) is 11.1 Å². The molecule has 2 aliphatic rings. The zero-order chi connectivity index (χ0) is 13.6. The van der Waals surface area contributed by atoms with Gasteiger partial charge in [-0.25, -0.2) is 9.59 Å². The van der Waals surface area contributed by atoms with Crippen molar-refractivity contribution in [2.24, 2.45) is 0 Å². The summed E-state index contributed by atoms with van der Waals surface area (Å²) in [4.78, 5) is 35.9. The van der Waals surface area contributed by atoms with E-state index in [4.69, 9.17) is 9.84 Å². The monoisotopic (exact) mass is 261 g/mol. The molecule has 6 heteroatoms. The fourth-order valence-corrected chi connectivity index (χ4v) is 2.57. The van der Waals surface area contributed by atoms with Gasteiger partial charge in [0.1, 0.15) is 6.04 Å². The molecule has 0 aromatic heterocycles. The maximum absolute atomic E-state index is 11.9. The molecule has 2 aliphatic heterocycles. The molecule has 19 heavy (non-hydrogen) atoms. The first kappa shape index (κ1) is 11.7. The van der Waals surface area contributed by atoms with Crippen molar-refractivity contribution in [1.29, 1.82) is 0 Å². The van der Waals surface area contributed by atoms with Crippen molar-refractivity contribution in [2.75, 3.05) is 0 Å². The van der Waals surface area contributed by atoms with Crippen molar-refractivity contribution in [2.45, 2.75) is 25.1 Å². The molecule has 6 nitrogen and oxygen atoms in total. The molecule has 2 atom stereocenters. The van der Waals surface area contributed by atoms with E-state index in [1.165, 1.54) is 0 Å². The van der Waals surface area contributed by atoms with Crippen LogP contribution in [0.3, 0.4) is 0 Å². The molecule has 1 fully saturated rings. The van der Waals surface area contributed by atoms with Gasteiger partial charge in [0, 0.05) is 12.0 Å². The lowest BCUT2D eigenvalue weighted by Gasteiger charge is -2.27. The molecule has 98 valence electrons. The van der Waals surface area contributed by atoms with Crippen molar-refractivity contribution in [1.82, 2.24) is 4.90 Å². The predicted octanol–water partition coefficient (Wildman–Crippen LogP) is 0.931. The third kappa shape index (κ3) is 1.68. The second kappa shape index (κ2) is 4.08. The number of fused-ring (bicyclic) bond motifs is 1. The molecule has 0 aliphatic carbocycles. The number of nitrogens with zero attached hydrogens (tertiary/aromatic N) is 1. The number of hydrogen-bond donors (Lipinski definition) is 1. The highest BCUT2D eigenvalue weighted by Gasteiger charge is 2.46. The Labute approximate surface area is 108 Å². The molecule has 1 saturated heterocycles. The number of aliphatic carboxylic acids is 1. The number of ether oxygens (including phenoxy) is 1. The minimum Gasteiger partial charge on any atom is -0.480 e. The van der Waals surface area contributed by atoms with Crippen LogP contribution >= 0.6 is 0 Å². The zero-order valence-corrected chi connectivity index (χ0v) is 9.91. The number of benzene rings is 1. The summed E-state index contributed by atoms with van der Waals surface area (Å²) in [5.41, 5.74) is 0.935. The molecule has 1 aromatic rings. The molecule has 3 rings (SSSR count). The number of esters is 1. The first-order valence-corrected chi connectivity index (χ1v) is 5.93. The van der Waals surface area contributed by atoms with Gasteiger partial charge in [0.15, 0.2) is 0 Å². The maximum Gasteiger partial charge on any atom is 0.340 e. The summed E-state index contributed by atoms with van der Waals surface area (Å²) in [6.45, 7) is 0. The summed E-state index contributed by atoms with van der Waals surface area (Å²) >= 11 is 0. The van der Waals surface area contributed by atoms with Gasteiger partial charge in [-0.2, -0.15) is 0 Å². The van der Waals surface area contributed by atoms with E-state index in [-0.39, 0.29) is 18.7 Å². The summed E-state index contributed by atoms with van der Waals surface area (Å²) < 4.78 is 5.17. The van der Waals surface area contributed by atoms with Gasteiger partial charge >= 0.3 is 11.9 Å². The van der Waals surface area contributed by atoms with Gasteiger partial charge in [0.25, 0.3) is 0 Å². The Balaban J connectivity index is 2.01. The Morgan fingerprint density at radius 1 is 1.32 bits per heavy atom. The topological polar surface area (TPSA) is 83.9 Å². The van der Waals surface area contributed by atoms with Crippen LogP contribution in [0.4, 0.5) is 0 Å². The predicted molar refractivity (Wildman–Crippen MR) is 62.1 cm³/mol. The van der Waals surface area contributed by atoms with Crippen molar-refractivity contribution < 1.29 is 24.2 Å². The Bertz CT molecular complexity index is 582. The average molecular weight is 261 g/mol. The molecule has 0 bridgehead atoms. The number of carboxylic acid groups (broad SMARTS) is 1. The third-order valence-corrected chi connectivity index (χ3v) is 3.46. The molecular formula is C13H11NO5. The van der Waals surface area contributed by atoms with Crippen LogP contribution in [0, 0.1) is 0 Å². The van der Waals surface area contributed by atoms with Gasteiger partial charge in [-0.15, -0.1) is 0 Å². The van der Waals surface area contributed by atoms with E-state index in [9.17, 15) is 14.4 Å². The van der Waals surface area contributed by atoms with E-state index in [1.807, 2.05) is 0 Å². The lowest BCUT2D eigenvalue weighted by Crippen LogP contribution is -2.41. The molecule has 1 amide bonds. The normalized spacial score (nSPS) is 25.4. The summed E-state index contributed by atoms with van der Waals surface area (Å²) in [6.07, 6.45) is -0.516. The summed E-state index contributed by atoms with van der Waals surface area (Å²) in [5, 5.41) is 9.14. The maximum atomic E-state index is 11.9. The van der Waals surface area contributed by atoms with Gasteiger partial charge in [0.05, 0.1) is 5.56 Å². The number of hydrogen-bond acceptors (Lipinski definition) is 4. The lowest BCUT2D eigenvalue weighted by molar-refractivity contribution is -0.154. The number of cyclic esters (lactones) is 1. The third-order valence-electron chi connectivity index (χ3n) is 3.46. The highest BCUT2D eigenvalue weighted by molar-refractivity contribution is 5.95. The van der Waals surface area contributed by atoms with Gasteiger partial charge < -0.3 is 9.84 Å². The van der Waals surface area contributed by atoms with E-state index >= 15 is 0 Å². The standard InChI is InChI=1S/C13H11NO5/c15-10-6-5-9(12(16)17)14(10)11-7-3-1-2-4-8(7)13(18)19-11/h1-4,9,11H,5-6H2,(H,16,17)/t9-,11+/m1/s1. The van der Waals surface area contributed by atoms with Crippen LogP contribution in [0.2, 0.25) is 0 Å². The van der Waals surface area contributed by atoms with Crippen molar-refractivity contribution in [3.8, 4) is 0 Å². The lowest BCUT2D eigenvalue weighted by atomic mass is 10.1. The van der Waals surface area contributed by atoms with Gasteiger partial charge in [-0.05, 0) is 12.5 Å². The van der Waals surface area contributed by atoms with Crippen LogP contribution in [-0.2, 0) is 14.3 Å². The van der Waals surface area contributed by atoms with E-state index in [2.05, 4.69) is 0 Å². The first-order valence-electron chi connectivity index (χ1n) is 5.93. The summed E-state index contributed by atoms with van der Waals surface area (Å²) in [5.74, 6) is -1.90. The average Bonchev–Trinajstić information content (AvgIpc) is 2.91.